The minimum atomic E-state index is -0.0768. The second-order valence-corrected chi connectivity index (χ2v) is 6.08. The maximum Gasteiger partial charge on any atom is 0.251 e. The van der Waals surface area contributed by atoms with Gasteiger partial charge in [-0.05, 0) is 49.9 Å². The zero-order valence-corrected chi connectivity index (χ0v) is 13.1. The first-order valence-corrected chi connectivity index (χ1v) is 7.90. The highest BCUT2D eigenvalue weighted by atomic mass is 16.5. The largest absolute Gasteiger partial charge is 0.376 e. The number of anilines is 1. The molecule has 2 aliphatic heterocycles. The molecule has 0 aliphatic carbocycles. The van der Waals surface area contributed by atoms with Crippen LogP contribution in [0.3, 0.4) is 0 Å². The molecule has 1 fully saturated rings. The van der Waals surface area contributed by atoms with E-state index in [0.717, 1.165) is 37.1 Å². The molecule has 2 atom stereocenters. The summed E-state index contributed by atoms with van der Waals surface area (Å²) in [5.74, 6) is -0.0324. The van der Waals surface area contributed by atoms with E-state index in [1.807, 2.05) is 19.1 Å². The van der Waals surface area contributed by atoms with Crippen LogP contribution in [-0.4, -0.2) is 37.1 Å². The number of nitrogens with zero attached hydrogens (tertiary/aromatic N) is 1. The quantitative estimate of drug-likeness (QED) is 0.927. The molecule has 5 nitrogen and oxygen atoms in total. The van der Waals surface area contributed by atoms with Gasteiger partial charge < -0.3 is 15.0 Å². The second-order valence-electron chi connectivity index (χ2n) is 6.08. The summed E-state index contributed by atoms with van der Waals surface area (Å²) >= 11 is 0. The van der Waals surface area contributed by atoms with E-state index in [2.05, 4.69) is 5.32 Å². The van der Waals surface area contributed by atoms with E-state index in [1.54, 1.807) is 17.9 Å². The molecule has 2 amide bonds. The first kappa shape index (κ1) is 15.0. The van der Waals surface area contributed by atoms with Gasteiger partial charge in [-0.2, -0.15) is 0 Å². The van der Waals surface area contributed by atoms with Crippen molar-refractivity contribution in [2.24, 2.45) is 0 Å². The van der Waals surface area contributed by atoms with E-state index in [0.29, 0.717) is 12.1 Å². The summed E-state index contributed by atoms with van der Waals surface area (Å²) in [5.41, 5.74) is 2.64. The molecule has 5 heteroatoms. The Morgan fingerprint density at radius 3 is 2.91 bits per heavy atom. The van der Waals surface area contributed by atoms with Gasteiger partial charge >= 0.3 is 0 Å². The second kappa shape index (κ2) is 6.08. The number of carbonyl (C=O) groups excluding carboxylic acids is 2. The van der Waals surface area contributed by atoms with Crippen LogP contribution in [0.15, 0.2) is 18.2 Å². The van der Waals surface area contributed by atoms with Crippen LogP contribution in [0.4, 0.5) is 5.69 Å². The molecule has 1 N–H and O–H groups in total. The number of hydrogen-bond acceptors (Lipinski definition) is 3. The molecule has 0 spiro atoms. The number of rotatable bonds is 3. The number of amides is 2. The van der Waals surface area contributed by atoms with Gasteiger partial charge in [0.2, 0.25) is 5.91 Å². The predicted molar refractivity (Wildman–Crippen MR) is 84.1 cm³/mol. The molecular weight excluding hydrogens is 280 g/mol. The lowest BCUT2D eigenvalue weighted by molar-refractivity contribution is -0.116. The van der Waals surface area contributed by atoms with Gasteiger partial charge in [-0.1, -0.05) is 0 Å². The number of nitrogens with one attached hydrogen (secondary N) is 1. The standard InChI is InChI=1S/C17H22N2O3/c1-11(16-4-3-9-22-16)18-17(21)14-5-6-15-13(10-14)7-8-19(15)12(2)20/h5-6,10-11,16H,3-4,7-9H2,1-2H3,(H,18,21). The third-order valence-electron chi connectivity index (χ3n) is 4.50. The number of carbonyl (C=O) groups is 2. The normalized spacial score (nSPS) is 21.5. The van der Waals surface area contributed by atoms with Gasteiger partial charge in [0, 0.05) is 31.3 Å². The van der Waals surface area contributed by atoms with Crippen LogP contribution in [0.2, 0.25) is 0 Å². The van der Waals surface area contributed by atoms with E-state index in [1.165, 1.54) is 0 Å². The van der Waals surface area contributed by atoms with Gasteiger partial charge in [-0.25, -0.2) is 0 Å². The fourth-order valence-electron chi connectivity index (χ4n) is 3.25. The number of ether oxygens (including phenoxy) is 1. The third-order valence-corrected chi connectivity index (χ3v) is 4.50. The molecule has 2 aliphatic rings. The van der Waals surface area contributed by atoms with Gasteiger partial charge in [0.15, 0.2) is 0 Å². The molecule has 1 saturated heterocycles. The number of fused-ring (bicyclic) bond motifs is 1. The summed E-state index contributed by atoms with van der Waals surface area (Å²) in [4.78, 5) is 25.7. The highest BCUT2D eigenvalue weighted by molar-refractivity contribution is 5.98. The molecule has 2 unspecified atom stereocenters. The molecule has 1 aromatic carbocycles. The molecule has 3 rings (SSSR count). The maximum absolute atomic E-state index is 12.4. The van der Waals surface area contributed by atoms with E-state index in [9.17, 15) is 9.59 Å². The van der Waals surface area contributed by atoms with Crippen LogP contribution in [0, 0.1) is 0 Å². The van der Waals surface area contributed by atoms with Crippen molar-refractivity contribution in [3.8, 4) is 0 Å². The Morgan fingerprint density at radius 2 is 2.23 bits per heavy atom. The van der Waals surface area contributed by atoms with Crippen molar-refractivity contribution >= 4 is 17.5 Å². The van der Waals surface area contributed by atoms with Crippen LogP contribution >= 0.6 is 0 Å². The molecular formula is C17H22N2O3. The summed E-state index contributed by atoms with van der Waals surface area (Å²) in [6.07, 6.45) is 2.98. The summed E-state index contributed by atoms with van der Waals surface area (Å²) in [6, 6.07) is 5.57. The van der Waals surface area contributed by atoms with Crippen molar-refractivity contribution in [1.29, 1.82) is 0 Å². The van der Waals surface area contributed by atoms with Crippen LogP contribution < -0.4 is 10.2 Å². The van der Waals surface area contributed by atoms with Crippen LogP contribution in [0.25, 0.3) is 0 Å². The summed E-state index contributed by atoms with van der Waals surface area (Å²) < 4.78 is 5.61. The van der Waals surface area contributed by atoms with Gasteiger partial charge in [-0.15, -0.1) is 0 Å². The van der Waals surface area contributed by atoms with E-state index < -0.39 is 0 Å². The van der Waals surface area contributed by atoms with Crippen molar-refractivity contribution in [2.45, 2.75) is 45.3 Å². The highest BCUT2D eigenvalue weighted by Gasteiger charge is 2.26. The van der Waals surface area contributed by atoms with E-state index >= 15 is 0 Å². The minimum absolute atomic E-state index is 0.0111. The Balaban J connectivity index is 1.70. The van der Waals surface area contributed by atoms with Crippen LogP contribution in [-0.2, 0) is 16.0 Å². The topological polar surface area (TPSA) is 58.6 Å². The average molecular weight is 302 g/mol. The molecule has 1 aromatic rings. The molecule has 0 aromatic heterocycles. The van der Waals surface area contributed by atoms with Gasteiger partial charge in [0.1, 0.15) is 0 Å². The monoisotopic (exact) mass is 302 g/mol. The van der Waals surface area contributed by atoms with E-state index in [4.69, 9.17) is 4.74 Å². The Morgan fingerprint density at radius 1 is 1.41 bits per heavy atom. The van der Waals surface area contributed by atoms with Gasteiger partial charge in [-0.3, -0.25) is 9.59 Å². The van der Waals surface area contributed by atoms with Crippen LogP contribution in [0.1, 0.15) is 42.6 Å². The van der Waals surface area contributed by atoms with Crippen LogP contribution in [0.5, 0.6) is 0 Å². The zero-order valence-electron chi connectivity index (χ0n) is 13.1. The third kappa shape index (κ3) is 2.86. The van der Waals surface area contributed by atoms with E-state index in [-0.39, 0.29) is 24.0 Å². The minimum Gasteiger partial charge on any atom is -0.376 e. The predicted octanol–water partition coefficient (Wildman–Crippen LogP) is 1.89. The maximum atomic E-state index is 12.4. The average Bonchev–Trinajstić information content (AvgIpc) is 3.15. The Kier molecular flexibility index (Phi) is 4.16. The first-order chi connectivity index (χ1) is 10.6. The van der Waals surface area contributed by atoms with Crippen molar-refractivity contribution in [3.05, 3.63) is 29.3 Å². The van der Waals surface area contributed by atoms with Crippen molar-refractivity contribution in [2.75, 3.05) is 18.1 Å². The zero-order chi connectivity index (χ0) is 15.7. The Labute approximate surface area is 130 Å². The van der Waals surface area contributed by atoms with Gasteiger partial charge in [0.25, 0.3) is 5.91 Å². The van der Waals surface area contributed by atoms with Gasteiger partial charge in [0.05, 0.1) is 12.1 Å². The smallest absolute Gasteiger partial charge is 0.251 e. The molecule has 22 heavy (non-hydrogen) atoms. The fraction of sp³-hybridized carbons (Fsp3) is 0.529. The first-order valence-electron chi connectivity index (χ1n) is 7.90. The van der Waals surface area contributed by atoms with Crippen molar-refractivity contribution in [3.63, 3.8) is 0 Å². The Hall–Kier alpha value is -1.88. The lowest BCUT2D eigenvalue weighted by Crippen LogP contribution is -2.40. The Bertz CT molecular complexity index is 594. The summed E-state index contributed by atoms with van der Waals surface area (Å²) in [7, 11) is 0. The molecule has 118 valence electrons. The van der Waals surface area contributed by atoms with Crippen molar-refractivity contribution in [1.82, 2.24) is 5.32 Å². The SMILES string of the molecule is CC(=O)N1CCc2cc(C(=O)NC(C)C3CCCO3)ccc21. The molecule has 0 radical (unpaired) electrons. The molecule has 0 saturated carbocycles. The lowest BCUT2D eigenvalue weighted by Gasteiger charge is -2.20. The molecule has 0 bridgehead atoms. The highest BCUT2D eigenvalue weighted by Crippen LogP contribution is 2.29. The molecule has 2 heterocycles. The number of hydrogen-bond donors (Lipinski definition) is 1. The van der Waals surface area contributed by atoms with Crippen molar-refractivity contribution < 1.29 is 14.3 Å². The summed E-state index contributed by atoms with van der Waals surface area (Å²) in [5, 5.41) is 3.02. The number of benzene rings is 1. The lowest BCUT2D eigenvalue weighted by atomic mass is 10.1. The summed E-state index contributed by atoms with van der Waals surface area (Å²) in [6.45, 7) is 5.03. The fourth-order valence-corrected chi connectivity index (χ4v) is 3.25.